The van der Waals surface area contributed by atoms with Crippen LogP contribution in [-0.4, -0.2) is 21.6 Å². The lowest BCUT2D eigenvalue weighted by molar-refractivity contribution is -0.138. The van der Waals surface area contributed by atoms with E-state index in [9.17, 15) is 9.59 Å². The molecule has 2 unspecified atom stereocenters. The fraction of sp³-hybridized carbons (Fsp3) is 0.615. The van der Waals surface area contributed by atoms with Crippen LogP contribution in [0.4, 0.5) is 0 Å². The number of carbonyl (C=O) groups is 2. The Morgan fingerprint density at radius 3 is 2.61 bits per heavy atom. The molecule has 1 aromatic rings. The van der Waals surface area contributed by atoms with E-state index in [-0.39, 0.29) is 29.6 Å². The van der Waals surface area contributed by atoms with Crippen molar-refractivity contribution in [3.63, 3.8) is 0 Å². The van der Waals surface area contributed by atoms with E-state index in [1.165, 1.54) is 0 Å². The first-order valence-electron chi connectivity index (χ1n) is 6.24. The summed E-state index contributed by atoms with van der Waals surface area (Å²) >= 11 is 0. The van der Waals surface area contributed by atoms with E-state index >= 15 is 0 Å². The number of imide groups is 1. The summed E-state index contributed by atoms with van der Waals surface area (Å²) in [5.74, 6) is -0.368. The zero-order valence-corrected chi connectivity index (χ0v) is 11.2. The molecular weight excluding hydrogens is 230 g/mol. The van der Waals surface area contributed by atoms with Gasteiger partial charge in [-0.3, -0.25) is 19.6 Å². The first kappa shape index (κ1) is 12.8. The molecule has 1 aliphatic heterocycles. The van der Waals surface area contributed by atoms with Gasteiger partial charge in [0.25, 0.3) is 0 Å². The van der Waals surface area contributed by atoms with Crippen molar-refractivity contribution in [1.29, 1.82) is 0 Å². The van der Waals surface area contributed by atoms with Crippen LogP contribution >= 0.6 is 0 Å². The summed E-state index contributed by atoms with van der Waals surface area (Å²) < 4.78 is 1.74. The highest BCUT2D eigenvalue weighted by molar-refractivity contribution is 6.00. The van der Waals surface area contributed by atoms with Gasteiger partial charge in [0.05, 0.1) is 5.69 Å². The minimum atomic E-state index is -0.190. The lowest BCUT2D eigenvalue weighted by atomic mass is 9.75. The van der Waals surface area contributed by atoms with Crippen LogP contribution in [0, 0.1) is 18.8 Å². The summed E-state index contributed by atoms with van der Waals surface area (Å²) in [6, 6.07) is 0. The zero-order valence-electron chi connectivity index (χ0n) is 11.2. The maximum Gasteiger partial charge on any atom is 0.230 e. The van der Waals surface area contributed by atoms with Gasteiger partial charge >= 0.3 is 0 Å². The van der Waals surface area contributed by atoms with Crippen molar-refractivity contribution >= 4 is 11.8 Å². The molecule has 1 N–H and O–H groups in total. The van der Waals surface area contributed by atoms with E-state index in [0.29, 0.717) is 6.42 Å². The number of aromatic nitrogens is 2. The lowest BCUT2D eigenvalue weighted by Gasteiger charge is -2.32. The predicted molar refractivity (Wildman–Crippen MR) is 66.8 cm³/mol. The molecule has 5 nitrogen and oxygen atoms in total. The largest absolute Gasteiger partial charge is 0.296 e. The van der Waals surface area contributed by atoms with Crippen LogP contribution in [0.2, 0.25) is 0 Å². The summed E-state index contributed by atoms with van der Waals surface area (Å²) in [7, 11) is 1.85. The van der Waals surface area contributed by atoms with Gasteiger partial charge in [-0.2, -0.15) is 5.10 Å². The smallest absolute Gasteiger partial charge is 0.230 e. The second-order valence-corrected chi connectivity index (χ2v) is 5.34. The number of nitrogens with one attached hydrogen (secondary N) is 1. The Morgan fingerprint density at radius 2 is 2.11 bits per heavy atom. The quantitative estimate of drug-likeness (QED) is 0.799. The van der Waals surface area contributed by atoms with Crippen LogP contribution in [0.5, 0.6) is 0 Å². The van der Waals surface area contributed by atoms with Gasteiger partial charge in [-0.15, -0.1) is 0 Å². The summed E-state index contributed by atoms with van der Waals surface area (Å²) in [5, 5.41) is 6.74. The third-order valence-corrected chi connectivity index (χ3v) is 3.57. The standard InChI is InChI=1S/C13H19N3O2/c1-7(2)12-9(5-11(17)14-13(12)18)10-6-16(4)15-8(10)3/h6-7,9,12H,5H2,1-4H3,(H,14,17,18). The molecule has 0 saturated carbocycles. The molecule has 0 spiro atoms. The maximum absolute atomic E-state index is 12.0. The normalized spacial score (nSPS) is 24.5. The molecule has 0 aliphatic carbocycles. The van der Waals surface area contributed by atoms with Crippen LogP contribution in [0.15, 0.2) is 6.20 Å². The lowest BCUT2D eigenvalue weighted by Crippen LogP contribution is -2.46. The number of nitrogens with zero attached hydrogens (tertiary/aromatic N) is 2. The molecule has 0 aromatic carbocycles. The molecule has 2 rings (SSSR count). The Morgan fingerprint density at radius 1 is 1.44 bits per heavy atom. The Balaban J connectivity index is 2.41. The van der Waals surface area contributed by atoms with E-state index in [0.717, 1.165) is 11.3 Å². The number of aryl methyl sites for hydroxylation is 2. The molecule has 1 fully saturated rings. The van der Waals surface area contributed by atoms with Gasteiger partial charge in [-0.25, -0.2) is 0 Å². The van der Waals surface area contributed by atoms with Gasteiger partial charge in [-0.1, -0.05) is 13.8 Å². The predicted octanol–water partition coefficient (Wildman–Crippen LogP) is 1.13. The summed E-state index contributed by atoms with van der Waals surface area (Å²) in [6.45, 7) is 5.95. The van der Waals surface area contributed by atoms with Crippen molar-refractivity contribution < 1.29 is 9.59 Å². The van der Waals surface area contributed by atoms with Gasteiger partial charge in [0.2, 0.25) is 11.8 Å². The minimum absolute atomic E-state index is 0.0556. The van der Waals surface area contributed by atoms with Crippen LogP contribution < -0.4 is 5.32 Å². The van der Waals surface area contributed by atoms with Gasteiger partial charge < -0.3 is 0 Å². The van der Waals surface area contributed by atoms with Crippen molar-refractivity contribution in [2.45, 2.75) is 33.1 Å². The monoisotopic (exact) mass is 249 g/mol. The molecule has 98 valence electrons. The molecule has 2 heterocycles. The number of hydrogen-bond acceptors (Lipinski definition) is 3. The molecule has 2 amide bonds. The van der Waals surface area contributed by atoms with Gasteiger partial charge in [-0.05, 0) is 18.4 Å². The molecule has 1 saturated heterocycles. The maximum atomic E-state index is 12.0. The number of hydrogen-bond donors (Lipinski definition) is 1. The zero-order chi connectivity index (χ0) is 13.4. The van der Waals surface area contributed by atoms with Crippen molar-refractivity contribution in [2.24, 2.45) is 18.9 Å². The minimum Gasteiger partial charge on any atom is -0.296 e. The average molecular weight is 249 g/mol. The molecule has 0 radical (unpaired) electrons. The topological polar surface area (TPSA) is 64.0 Å². The summed E-state index contributed by atoms with van der Waals surface area (Å²) in [4.78, 5) is 23.6. The van der Waals surface area contributed by atoms with Crippen LogP contribution in [0.1, 0.15) is 37.4 Å². The van der Waals surface area contributed by atoms with E-state index < -0.39 is 0 Å². The number of amides is 2. The van der Waals surface area contributed by atoms with Crippen LogP contribution in [0.25, 0.3) is 0 Å². The third-order valence-electron chi connectivity index (χ3n) is 3.57. The molecule has 18 heavy (non-hydrogen) atoms. The van der Waals surface area contributed by atoms with Crippen LogP contribution in [0.3, 0.4) is 0 Å². The molecular formula is C13H19N3O2. The van der Waals surface area contributed by atoms with Crippen molar-refractivity contribution in [2.75, 3.05) is 0 Å². The number of piperidine rings is 1. The molecule has 2 atom stereocenters. The molecule has 1 aromatic heterocycles. The SMILES string of the molecule is Cc1nn(C)cc1C1CC(=O)NC(=O)C1C(C)C. The highest BCUT2D eigenvalue weighted by Gasteiger charge is 2.39. The van der Waals surface area contributed by atoms with Gasteiger partial charge in [0.1, 0.15) is 0 Å². The Labute approximate surface area is 107 Å². The van der Waals surface area contributed by atoms with E-state index in [1.807, 2.05) is 34.0 Å². The first-order chi connectivity index (χ1) is 8.40. The van der Waals surface area contributed by atoms with E-state index in [4.69, 9.17) is 0 Å². The van der Waals surface area contributed by atoms with Crippen molar-refractivity contribution in [1.82, 2.24) is 15.1 Å². The number of rotatable bonds is 2. The van der Waals surface area contributed by atoms with E-state index in [2.05, 4.69) is 10.4 Å². The van der Waals surface area contributed by atoms with Crippen molar-refractivity contribution in [3.05, 3.63) is 17.5 Å². The van der Waals surface area contributed by atoms with E-state index in [1.54, 1.807) is 4.68 Å². The third kappa shape index (κ3) is 2.17. The fourth-order valence-electron chi connectivity index (χ4n) is 2.83. The molecule has 5 heteroatoms. The summed E-state index contributed by atoms with van der Waals surface area (Å²) in [6.07, 6.45) is 2.28. The Hall–Kier alpha value is -1.65. The summed E-state index contributed by atoms with van der Waals surface area (Å²) in [5.41, 5.74) is 1.91. The first-order valence-corrected chi connectivity index (χ1v) is 6.24. The van der Waals surface area contributed by atoms with Crippen LogP contribution in [-0.2, 0) is 16.6 Å². The average Bonchev–Trinajstić information content (AvgIpc) is 2.55. The van der Waals surface area contributed by atoms with Gasteiger partial charge in [0.15, 0.2) is 0 Å². The highest BCUT2D eigenvalue weighted by Crippen LogP contribution is 2.36. The molecule has 0 bridgehead atoms. The Bertz CT molecular complexity index is 490. The Kier molecular flexibility index (Phi) is 3.24. The second kappa shape index (κ2) is 4.55. The second-order valence-electron chi connectivity index (χ2n) is 5.34. The molecule has 1 aliphatic rings. The van der Waals surface area contributed by atoms with Gasteiger partial charge in [0, 0.05) is 31.5 Å². The van der Waals surface area contributed by atoms with Crippen molar-refractivity contribution in [3.8, 4) is 0 Å². The highest BCUT2D eigenvalue weighted by atomic mass is 16.2. The fourth-order valence-corrected chi connectivity index (χ4v) is 2.83. The number of carbonyl (C=O) groups excluding carboxylic acids is 2.